The van der Waals surface area contributed by atoms with Crippen molar-refractivity contribution in [2.75, 3.05) is 13.2 Å². The summed E-state index contributed by atoms with van der Waals surface area (Å²) in [6.45, 7) is 0.754. The van der Waals surface area contributed by atoms with E-state index in [9.17, 15) is 4.79 Å². The molecule has 0 spiro atoms. The van der Waals surface area contributed by atoms with E-state index in [1.165, 1.54) is 0 Å². The van der Waals surface area contributed by atoms with Crippen LogP contribution < -0.4 is 14.8 Å². The number of nitrogens with one attached hydrogen (secondary N) is 1. The van der Waals surface area contributed by atoms with E-state index < -0.39 is 0 Å². The van der Waals surface area contributed by atoms with Gasteiger partial charge in [0.05, 0.1) is 6.61 Å². The van der Waals surface area contributed by atoms with Gasteiger partial charge >= 0.3 is 0 Å². The number of hydrogen-bond donors (Lipinski definition) is 1. The Morgan fingerprint density at radius 2 is 1.41 bits per heavy atom. The van der Waals surface area contributed by atoms with Gasteiger partial charge in [0.2, 0.25) is 0 Å². The molecule has 1 aliphatic rings. The fourth-order valence-electron chi connectivity index (χ4n) is 3.64. The highest BCUT2D eigenvalue weighted by Gasteiger charge is 2.22. The van der Waals surface area contributed by atoms with E-state index in [4.69, 9.17) is 32.7 Å². The molecular formula is C23H27Cl2NO3. The summed E-state index contributed by atoms with van der Waals surface area (Å²) in [4.78, 5) is 12.1. The highest BCUT2D eigenvalue weighted by atomic mass is 35.5. The van der Waals surface area contributed by atoms with Crippen LogP contribution in [0.5, 0.6) is 11.5 Å². The van der Waals surface area contributed by atoms with Gasteiger partial charge in [-0.15, -0.1) is 0 Å². The minimum Gasteiger partial charge on any atom is -0.494 e. The maximum atomic E-state index is 12.1. The lowest BCUT2D eigenvalue weighted by Gasteiger charge is -2.29. The number of carbonyl (C=O) groups excluding carboxylic acids is 1. The molecule has 156 valence electrons. The van der Waals surface area contributed by atoms with Gasteiger partial charge in [0.1, 0.15) is 11.5 Å². The zero-order chi connectivity index (χ0) is 20.5. The van der Waals surface area contributed by atoms with Crippen LogP contribution in [0.4, 0.5) is 0 Å². The van der Waals surface area contributed by atoms with Crippen molar-refractivity contribution in [2.24, 2.45) is 5.92 Å². The third kappa shape index (κ3) is 7.79. The van der Waals surface area contributed by atoms with Crippen molar-refractivity contribution in [1.82, 2.24) is 5.32 Å². The molecule has 0 saturated heterocycles. The van der Waals surface area contributed by atoms with Crippen molar-refractivity contribution < 1.29 is 14.3 Å². The van der Waals surface area contributed by atoms with Crippen LogP contribution >= 0.6 is 23.2 Å². The Balaban J connectivity index is 1.26. The summed E-state index contributed by atoms with van der Waals surface area (Å²) in [6.07, 6.45) is 6.53. The Labute approximate surface area is 182 Å². The largest absolute Gasteiger partial charge is 0.494 e. The first-order valence-corrected chi connectivity index (χ1v) is 10.9. The first-order chi connectivity index (χ1) is 14.1. The number of halogens is 2. The first kappa shape index (κ1) is 21.8. The normalized spacial score (nSPS) is 18.8. The maximum absolute atomic E-state index is 12.1. The molecule has 0 aromatic heterocycles. The Morgan fingerprint density at radius 3 is 2.00 bits per heavy atom. The van der Waals surface area contributed by atoms with Crippen molar-refractivity contribution in [3.05, 3.63) is 58.6 Å². The fourth-order valence-corrected chi connectivity index (χ4v) is 3.89. The fraction of sp³-hybridized carbons (Fsp3) is 0.435. The molecule has 0 unspecified atom stereocenters. The molecule has 1 amide bonds. The van der Waals surface area contributed by atoms with Crippen LogP contribution in [0.2, 0.25) is 10.0 Å². The summed E-state index contributed by atoms with van der Waals surface area (Å²) in [7, 11) is 0. The van der Waals surface area contributed by atoms with Crippen LogP contribution in [0, 0.1) is 5.92 Å². The molecule has 0 radical (unpaired) electrons. The highest BCUT2D eigenvalue weighted by Crippen LogP contribution is 2.28. The number of ether oxygens (including phenoxy) is 2. The molecule has 0 bridgehead atoms. The minimum absolute atomic E-state index is 0.0313. The quantitative estimate of drug-likeness (QED) is 0.498. The van der Waals surface area contributed by atoms with Gasteiger partial charge in [0.15, 0.2) is 6.61 Å². The van der Waals surface area contributed by atoms with E-state index in [2.05, 4.69) is 5.32 Å². The Morgan fingerprint density at radius 1 is 0.862 bits per heavy atom. The van der Waals surface area contributed by atoms with Crippen molar-refractivity contribution in [3.8, 4) is 11.5 Å². The van der Waals surface area contributed by atoms with Crippen molar-refractivity contribution in [3.63, 3.8) is 0 Å². The van der Waals surface area contributed by atoms with E-state index in [1.54, 1.807) is 24.3 Å². The highest BCUT2D eigenvalue weighted by molar-refractivity contribution is 6.30. The third-order valence-corrected chi connectivity index (χ3v) is 5.74. The van der Waals surface area contributed by atoms with Crippen LogP contribution in [0.1, 0.15) is 38.5 Å². The molecule has 6 heteroatoms. The second kappa shape index (κ2) is 11.3. The van der Waals surface area contributed by atoms with Gasteiger partial charge in [-0.3, -0.25) is 4.79 Å². The number of hydrogen-bond acceptors (Lipinski definition) is 3. The molecule has 1 N–H and O–H groups in total. The molecule has 3 rings (SSSR count). The van der Waals surface area contributed by atoms with Gasteiger partial charge in [-0.05, 0) is 93.0 Å². The molecule has 0 atom stereocenters. The van der Waals surface area contributed by atoms with Crippen LogP contribution in [0.3, 0.4) is 0 Å². The molecule has 0 aliphatic heterocycles. The molecule has 4 nitrogen and oxygen atoms in total. The predicted molar refractivity (Wildman–Crippen MR) is 117 cm³/mol. The summed E-state index contributed by atoms with van der Waals surface area (Å²) in [5.74, 6) is 2.15. The van der Waals surface area contributed by atoms with Crippen LogP contribution in [-0.4, -0.2) is 25.2 Å². The van der Waals surface area contributed by atoms with Crippen LogP contribution in [0.15, 0.2) is 48.5 Å². The second-order valence-corrected chi connectivity index (χ2v) is 8.35. The van der Waals surface area contributed by atoms with Gasteiger partial charge < -0.3 is 14.8 Å². The number of rotatable bonds is 9. The SMILES string of the molecule is O=C(COc1ccc(Cl)cc1)NC1CCC(CCCOc2ccc(Cl)cc2)CC1. The van der Waals surface area contributed by atoms with E-state index in [-0.39, 0.29) is 18.6 Å². The van der Waals surface area contributed by atoms with Crippen molar-refractivity contribution >= 4 is 29.1 Å². The molecule has 0 heterocycles. The summed E-state index contributed by atoms with van der Waals surface area (Å²) in [5.41, 5.74) is 0. The van der Waals surface area contributed by atoms with Crippen molar-refractivity contribution in [1.29, 1.82) is 0 Å². The Hall–Kier alpha value is -1.91. The average molecular weight is 436 g/mol. The Bertz CT molecular complexity index is 757. The lowest BCUT2D eigenvalue weighted by molar-refractivity contribution is -0.124. The number of benzene rings is 2. The van der Waals surface area contributed by atoms with Crippen LogP contribution in [-0.2, 0) is 4.79 Å². The van der Waals surface area contributed by atoms with Crippen molar-refractivity contribution in [2.45, 2.75) is 44.6 Å². The zero-order valence-corrected chi connectivity index (χ0v) is 17.9. The lowest BCUT2D eigenvalue weighted by atomic mass is 9.83. The molecule has 1 aliphatic carbocycles. The Kier molecular flexibility index (Phi) is 8.51. The zero-order valence-electron chi connectivity index (χ0n) is 16.4. The lowest BCUT2D eigenvalue weighted by Crippen LogP contribution is -2.40. The molecule has 1 saturated carbocycles. The second-order valence-electron chi connectivity index (χ2n) is 7.47. The number of amides is 1. The predicted octanol–water partition coefficient (Wildman–Crippen LogP) is 5.91. The van der Waals surface area contributed by atoms with E-state index >= 15 is 0 Å². The van der Waals surface area contributed by atoms with E-state index in [0.29, 0.717) is 16.7 Å². The van der Waals surface area contributed by atoms with Crippen LogP contribution in [0.25, 0.3) is 0 Å². The standard InChI is InChI=1S/C23H27Cl2NO3/c24-18-5-11-21(12-6-18)28-15-1-2-17-3-9-20(10-4-17)26-23(27)16-29-22-13-7-19(25)8-14-22/h5-8,11-14,17,20H,1-4,9-10,15-16H2,(H,26,27). The number of carbonyl (C=O) groups is 1. The third-order valence-electron chi connectivity index (χ3n) is 5.23. The molecule has 1 fully saturated rings. The van der Waals surface area contributed by atoms with Gasteiger partial charge in [0.25, 0.3) is 5.91 Å². The van der Waals surface area contributed by atoms with Gasteiger partial charge in [-0.2, -0.15) is 0 Å². The molecule has 2 aromatic carbocycles. The molecule has 29 heavy (non-hydrogen) atoms. The topological polar surface area (TPSA) is 47.6 Å². The van der Waals surface area contributed by atoms with Gasteiger partial charge in [0, 0.05) is 16.1 Å². The maximum Gasteiger partial charge on any atom is 0.258 e. The molecule has 2 aromatic rings. The average Bonchev–Trinajstić information content (AvgIpc) is 2.73. The van der Waals surface area contributed by atoms with E-state index in [1.807, 2.05) is 24.3 Å². The summed E-state index contributed by atoms with van der Waals surface area (Å²) in [5, 5.41) is 4.46. The summed E-state index contributed by atoms with van der Waals surface area (Å²) < 4.78 is 11.3. The molecular weight excluding hydrogens is 409 g/mol. The smallest absolute Gasteiger partial charge is 0.258 e. The van der Waals surface area contributed by atoms with Gasteiger partial charge in [-0.25, -0.2) is 0 Å². The van der Waals surface area contributed by atoms with E-state index in [0.717, 1.165) is 55.9 Å². The first-order valence-electron chi connectivity index (χ1n) is 10.1. The van der Waals surface area contributed by atoms with Gasteiger partial charge in [-0.1, -0.05) is 23.2 Å². The summed E-state index contributed by atoms with van der Waals surface area (Å²) in [6, 6.07) is 14.7. The monoisotopic (exact) mass is 435 g/mol. The summed E-state index contributed by atoms with van der Waals surface area (Å²) >= 11 is 11.7. The minimum atomic E-state index is -0.0697.